The van der Waals surface area contributed by atoms with Crippen molar-refractivity contribution in [2.24, 2.45) is 0 Å². The van der Waals surface area contributed by atoms with Crippen molar-refractivity contribution in [3.05, 3.63) is 16.1 Å². The van der Waals surface area contributed by atoms with Crippen LogP contribution in [0.1, 0.15) is 22.4 Å². The van der Waals surface area contributed by atoms with Crippen molar-refractivity contribution in [3.8, 4) is 0 Å². The van der Waals surface area contributed by atoms with Crippen molar-refractivity contribution >= 4 is 17.1 Å². The summed E-state index contributed by atoms with van der Waals surface area (Å²) in [6, 6.07) is 0.514. The normalized spacial score (nSPS) is 22.9. The topological polar surface area (TPSA) is 36.4 Å². The van der Waals surface area contributed by atoms with Crippen LogP contribution in [0.2, 0.25) is 0 Å². The quantitative estimate of drug-likeness (QED) is 0.757. The number of piperazine rings is 1. The Bertz CT molecular complexity index is 404. The zero-order valence-electron chi connectivity index (χ0n) is 10.6. The highest BCUT2D eigenvalue weighted by atomic mass is 32.1. The second kappa shape index (κ2) is 5.25. The molecular weight excluding hydrogens is 234 g/mol. The van der Waals surface area contributed by atoms with Gasteiger partial charge in [-0.25, -0.2) is 4.98 Å². The second-order valence-corrected chi connectivity index (χ2v) is 5.73. The zero-order chi connectivity index (χ0) is 12.4. The summed E-state index contributed by atoms with van der Waals surface area (Å²) in [5, 5.41) is 2.94. The van der Waals surface area contributed by atoms with E-state index in [2.05, 4.69) is 28.9 Å². The van der Waals surface area contributed by atoms with E-state index in [0.29, 0.717) is 11.7 Å². The van der Waals surface area contributed by atoms with Crippen LogP contribution >= 0.6 is 11.3 Å². The molecule has 1 saturated heterocycles. The van der Waals surface area contributed by atoms with E-state index in [-0.39, 0.29) is 5.78 Å². The van der Waals surface area contributed by atoms with E-state index in [0.717, 1.165) is 31.1 Å². The van der Waals surface area contributed by atoms with Crippen LogP contribution in [0.4, 0.5) is 0 Å². The summed E-state index contributed by atoms with van der Waals surface area (Å²) in [5.41, 5.74) is 0.608. The lowest BCUT2D eigenvalue weighted by Gasteiger charge is -2.37. The predicted octanol–water partition coefficient (Wildman–Crippen LogP) is 1.13. The first-order chi connectivity index (χ1) is 8.06. The summed E-state index contributed by atoms with van der Waals surface area (Å²) in [4.78, 5) is 20.3. The Kier molecular flexibility index (Phi) is 3.91. The van der Waals surface area contributed by atoms with Crippen LogP contribution in [0.3, 0.4) is 0 Å². The molecule has 0 radical (unpaired) electrons. The van der Waals surface area contributed by atoms with E-state index in [1.165, 1.54) is 0 Å². The highest BCUT2D eigenvalue weighted by molar-refractivity contribution is 7.09. The molecule has 1 aliphatic rings. The molecule has 0 bridgehead atoms. The molecule has 2 rings (SSSR count). The molecule has 0 saturated carbocycles. The fourth-order valence-electron chi connectivity index (χ4n) is 2.09. The van der Waals surface area contributed by atoms with Gasteiger partial charge in [-0.05, 0) is 14.1 Å². The maximum Gasteiger partial charge on any atom is 0.178 e. The van der Waals surface area contributed by atoms with Crippen LogP contribution in [0.25, 0.3) is 0 Å². The third kappa shape index (κ3) is 3.12. The number of carbonyl (C=O) groups excluding carboxylic acids is 1. The molecule has 1 unspecified atom stereocenters. The molecule has 0 aromatic carbocycles. The van der Waals surface area contributed by atoms with Crippen LogP contribution in [0.15, 0.2) is 5.38 Å². The van der Waals surface area contributed by atoms with Gasteiger partial charge in [0.1, 0.15) is 5.69 Å². The molecule has 17 heavy (non-hydrogen) atoms. The molecule has 1 aromatic rings. The summed E-state index contributed by atoms with van der Waals surface area (Å²) < 4.78 is 0. The van der Waals surface area contributed by atoms with Gasteiger partial charge < -0.3 is 9.80 Å². The van der Waals surface area contributed by atoms with E-state index >= 15 is 0 Å². The molecule has 4 nitrogen and oxygen atoms in total. The van der Waals surface area contributed by atoms with Gasteiger partial charge in [-0.15, -0.1) is 11.3 Å². The van der Waals surface area contributed by atoms with Gasteiger partial charge in [0.05, 0.1) is 5.01 Å². The average Bonchev–Trinajstić information content (AvgIpc) is 2.72. The minimum absolute atomic E-state index is 0.0571. The van der Waals surface area contributed by atoms with E-state index < -0.39 is 0 Å². The van der Waals surface area contributed by atoms with E-state index in [4.69, 9.17) is 0 Å². The number of thiazole rings is 1. The molecule has 1 fully saturated rings. The first-order valence-electron chi connectivity index (χ1n) is 5.90. The van der Waals surface area contributed by atoms with E-state index in [1.54, 1.807) is 18.3 Å². The van der Waals surface area contributed by atoms with Crippen LogP contribution in [-0.2, 0) is 6.42 Å². The molecule has 0 spiro atoms. The first-order valence-corrected chi connectivity index (χ1v) is 6.78. The van der Waals surface area contributed by atoms with Gasteiger partial charge in [-0.2, -0.15) is 0 Å². The summed E-state index contributed by atoms with van der Waals surface area (Å²) in [5.74, 6) is 0.0571. The van der Waals surface area contributed by atoms with Gasteiger partial charge in [0, 0.05) is 44.4 Å². The second-order valence-electron chi connectivity index (χ2n) is 4.78. The van der Waals surface area contributed by atoms with Crippen LogP contribution in [0, 0.1) is 0 Å². The number of Topliss-reactive ketones (excluding diaryl/α,β-unsaturated/α-hetero) is 1. The number of ketones is 1. The molecule has 5 heteroatoms. The number of hydrogen-bond donors (Lipinski definition) is 0. The Morgan fingerprint density at radius 2 is 2.29 bits per heavy atom. The summed E-state index contributed by atoms with van der Waals surface area (Å²) in [6.45, 7) is 4.88. The zero-order valence-corrected chi connectivity index (χ0v) is 11.5. The fraction of sp³-hybridized carbons (Fsp3) is 0.667. The lowest BCUT2D eigenvalue weighted by molar-refractivity contribution is 0.101. The van der Waals surface area contributed by atoms with Crippen molar-refractivity contribution in [2.75, 3.05) is 33.7 Å². The van der Waals surface area contributed by atoms with Gasteiger partial charge in [0.2, 0.25) is 0 Å². The average molecular weight is 253 g/mol. The molecule has 0 aliphatic carbocycles. The molecule has 1 atom stereocenters. The third-order valence-corrected chi connectivity index (χ3v) is 4.17. The third-order valence-electron chi connectivity index (χ3n) is 3.30. The Morgan fingerprint density at radius 3 is 2.94 bits per heavy atom. The Labute approximate surface area is 106 Å². The predicted molar refractivity (Wildman–Crippen MR) is 69.7 cm³/mol. The van der Waals surface area contributed by atoms with Gasteiger partial charge >= 0.3 is 0 Å². The minimum Gasteiger partial charge on any atom is -0.304 e. The van der Waals surface area contributed by atoms with Gasteiger partial charge in [-0.1, -0.05) is 0 Å². The van der Waals surface area contributed by atoms with Gasteiger partial charge in [0.25, 0.3) is 0 Å². The largest absolute Gasteiger partial charge is 0.304 e. The Hall–Kier alpha value is -0.780. The maximum atomic E-state index is 11.2. The molecule has 0 N–H and O–H groups in total. The van der Waals surface area contributed by atoms with Crippen molar-refractivity contribution in [2.45, 2.75) is 19.4 Å². The number of rotatable bonds is 3. The molecule has 94 valence electrons. The summed E-state index contributed by atoms with van der Waals surface area (Å²) in [6.07, 6.45) is 0.943. The highest BCUT2D eigenvalue weighted by Gasteiger charge is 2.23. The molecule has 1 aliphatic heterocycles. The summed E-state index contributed by atoms with van der Waals surface area (Å²) in [7, 11) is 4.32. The smallest absolute Gasteiger partial charge is 0.178 e. The molecule has 0 amide bonds. The first kappa shape index (κ1) is 12.7. The van der Waals surface area contributed by atoms with Crippen molar-refractivity contribution in [3.63, 3.8) is 0 Å². The Balaban J connectivity index is 2.01. The fourth-order valence-corrected chi connectivity index (χ4v) is 3.00. The maximum absolute atomic E-state index is 11.2. The van der Waals surface area contributed by atoms with Crippen molar-refractivity contribution in [1.29, 1.82) is 0 Å². The Morgan fingerprint density at radius 1 is 1.53 bits per heavy atom. The summed E-state index contributed by atoms with van der Waals surface area (Å²) >= 11 is 1.60. The monoisotopic (exact) mass is 253 g/mol. The number of hydrogen-bond acceptors (Lipinski definition) is 5. The highest BCUT2D eigenvalue weighted by Crippen LogP contribution is 2.16. The molecular formula is C12H19N3OS. The van der Waals surface area contributed by atoms with E-state index in [1.807, 2.05) is 5.38 Å². The standard InChI is InChI=1S/C12H19N3OS/c1-9(16)11-8-17-12(13-11)6-10-7-14(2)4-5-15(10)3/h8,10H,4-7H2,1-3H3. The SMILES string of the molecule is CC(=O)c1csc(CC2CN(C)CCN2C)n1. The van der Waals surface area contributed by atoms with Crippen LogP contribution in [0.5, 0.6) is 0 Å². The lowest BCUT2D eigenvalue weighted by atomic mass is 10.1. The minimum atomic E-state index is 0.0571. The van der Waals surface area contributed by atoms with E-state index in [9.17, 15) is 4.79 Å². The van der Waals surface area contributed by atoms with Crippen molar-refractivity contribution < 1.29 is 4.79 Å². The van der Waals surface area contributed by atoms with Gasteiger partial charge in [0.15, 0.2) is 5.78 Å². The molecule has 2 heterocycles. The lowest BCUT2D eigenvalue weighted by Crippen LogP contribution is -2.50. The van der Waals surface area contributed by atoms with Gasteiger partial charge in [-0.3, -0.25) is 4.79 Å². The number of nitrogens with zero attached hydrogens (tertiary/aromatic N) is 3. The number of aromatic nitrogens is 1. The number of carbonyl (C=O) groups is 1. The number of likely N-dealkylation sites (N-methyl/N-ethyl adjacent to an activating group) is 2. The molecule has 1 aromatic heterocycles. The van der Waals surface area contributed by atoms with Crippen molar-refractivity contribution in [1.82, 2.24) is 14.8 Å². The van der Waals surface area contributed by atoms with Crippen LogP contribution in [-0.4, -0.2) is 60.3 Å². The van der Waals surface area contributed by atoms with Crippen LogP contribution < -0.4 is 0 Å².